The van der Waals surface area contributed by atoms with Gasteiger partial charge in [-0.15, -0.1) is 0 Å². The van der Waals surface area contributed by atoms with Crippen LogP contribution in [0.1, 0.15) is 38.3 Å². The highest BCUT2D eigenvalue weighted by Gasteiger charge is 2.21. The van der Waals surface area contributed by atoms with Crippen molar-refractivity contribution in [2.45, 2.75) is 38.7 Å². The molecule has 3 nitrogen and oxygen atoms in total. The molecule has 1 fully saturated rings. The fraction of sp³-hybridized carbons (Fsp3) is 0.500. The minimum Gasteiger partial charge on any atom is -0.490 e. The van der Waals surface area contributed by atoms with E-state index in [0.29, 0.717) is 30.3 Å². The highest BCUT2D eigenvalue weighted by atomic mass is 35.5. The van der Waals surface area contributed by atoms with Crippen molar-refractivity contribution in [1.82, 2.24) is 4.98 Å². The molecular weight excluding hydrogens is 274 g/mol. The summed E-state index contributed by atoms with van der Waals surface area (Å²) in [6, 6.07) is 6.07. The van der Waals surface area contributed by atoms with Gasteiger partial charge in [0.25, 0.3) is 0 Å². The molecule has 0 aliphatic heterocycles. The maximum absolute atomic E-state index is 6.27. The molecule has 1 aromatic heterocycles. The standard InChI is InChI=1S/C16H20ClNO2/c1-10(2)14-8-11-7-13(17)16(9-15(11)18-14)20-6-5-19-12-3-4-12/h7-10,12,18H,3-6H2,1-2H3. The normalized spacial score (nSPS) is 15.2. The highest BCUT2D eigenvalue weighted by Crippen LogP contribution is 2.32. The number of H-pyrrole nitrogens is 1. The van der Waals surface area contributed by atoms with Crippen molar-refractivity contribution in [3.8, 4) is 5.75 Å². The van der Waals surface area contributed by atoms with Gasteiger partial charge in [-0.25, -0.2) is 0 Å². The van der Waals surface area contributed by atoms with E-state index in [0.717, 1.165) is 16.7 Å². The number of hydrogen-bond acceptors (Lipinski definition) is 2. The topological polar surface area (TPSA) is 34.2 Å². The van der Waals surface area contributed by atoms with E-state index in [1.807, 2.05) is 12.1 Å². The van der Waals surface area contributed by atoms with Crippen molar-refractivity contribution in [1.29, 1.82) is 0 Å². The van der Waals surface area contributed by atoms with E-state index in [2.05, 4.69) is 24.9 Å². The van der Waals surface area contributed by atoms with Crippen LogP contribution in [0.2, 0.25) is 5.02 Å². The smallest absolute Gasteiger partial charge is 0.140 e. The van der Waals surface area contributed by atoms with Gasteiger partial charge in [-0.05, 0) is 30.9 Å². The minimum absolute atomic E-state index is 0.466. The van der Waals surface area contributed by atoms with E-state index in [9.17, 15) is 0 Å². The molecule has 4 heteroatoms. The fourth-order valence-corrected chi connectivity index (χ4v) is 2.40. The number of hydrogen-bond donors (Lipinski definition) is 1. The third kappa shape index (κ3) is 3.10. The summed E-state index contributed by atoms with van der Waals surface area (Å²) in [7, 11) is 0. The quantitative estimate of drug-likeness (QED) is 0.796. The largest absolute Gasteiger partial charge is 0.490 e. The number of nitrogens with one attached hydrogen (secondary N) is 1. The summed E-state index contributed by atoms with van der Waals surface area (Å²) in [6.45, 7) is 5.50. The molecular formula is C16H20ClNO2. The highest BCUT2D eigenvalue weighted by molar-refractivity contribution is 6.32. The van der Waals surface area contributed by atoms with Gasteiger partial charge >= 0.3 is 0 Å². The van der Waals surface area contributed by atoms with Gasteiger partial charge in [0.1, 0.15) is 12.4 Å². The van der Waals surface area contributed by atoms with Crippen LogP contribution in [-0.2, 0) is 4.74 Å². The molecule has 1 saturated carbocycles. The summed E-state index contributed by atoms with van der Waals surface area (Å²) in [5.41, 5.74) is 2.28. The van der Waals surface area contributed by atoms with Crippen molar-refractivity contribution in [2.24, 2.45) is 0 Å². The molecule has 2 aromatic rings. The van der Waals surface area contributed by atoms with Gasteiger partial charge in [0.2, 0.25) is 0 Å². The molecule has 0 spiro atoms. The predicted molar refractivity (Wildman–Crippen MR) is 81.9 cm³/mol. The molecule has 1 heterocycles. The van der Waals surface area contributed by atoms with Crippen molar-refractivity contribution in [3.63, 3.8) is 0 Å². The third-order valence-corrected chi connectivity index (χ3v) is 3.83. The van der Waals surface area contributed by atoms with Gasteiger partial charge in [0.05, 0.1) is 17.7 Å². The van der Waals surface area contributed by atoms with Crippen LogP contribution >= 0.6 is 11.6 Å². The maximum atomic E-state index is 6.27. The average Bonchev–Trinajstić information content (AvgIpc) is 3.13. The van der Waals surface area contributed by atoms with Crippen LogP contribution in [-0.4, -0.2) is 24.3 Å². The van der Waals surface area contributed by atoms with Crippen LogP contribution in [0.3, 0.4) is 0 Å². The van der Waals surface area contributed by atoms with Crippen LogP contribution in [0.25, 0.3) is 10.9 Å². The molecule has 0 amide bonds. The Bertz CT molecular complexity index is 602. The molecule has 0 bridgehead atoms. The van der Waals surface area contributed by atoms with Gasteiger partial charge in [-0.2, -0.15) is 0 Å². The molecule has 108 valence electrons. The van der Waals surface area contributed by atoms with E-state index >= 15 is 0 Å². The Morgan fingerprint density at radius 3 is 2.75 bits per heavy atom. The van der Waals surface area contributed by atoms with Crippen molar-refractivity contribution in [2.75, 3.05) is 13.2 Å². The van der Waals surface area contributed by atoms with Gasteiger partial charge in [-0.3, -0.25) is 0 Å². The zero-order valence-electron chi connectivity index (χ0n) is 11.9. The Hall–Kier alpha value is -1.19. The SMILES string of the molecule is CC(C)c1cc2cc(Cl)c(OCCOC3CC3)cc2[nH]1. The zero-order chi connectivity index (χ0) is 14.1. The number of aromatic amines is 1. The first-order valence-electron chi connectivity index (χ1n) is 7.20. The number of fused-ring (bicyclic) bond motifs is 1. The number of aromatic nitrogens is 1. The summed E-state index contributed by atoms with van der Waals surface area (Å²) in [6.07, 6.45) is 2.84. The molecule has 3 rings (SSSR count). The Balaban J connectivity index is 1.70. The van der Waals surface area contributed by atoms with E-state index in [4.69, 9.17) is 21.1 Å². The van der Waals surface area contributed by atoms with E-state index < -0.39 is 0 Å². The lowest BCUT2D eigenvalue weighted by Crippen LogP contribution is -2.07. The first-order chi connectivity index (χ1) is 9.63. The third-order valence-electron chi connectivity index (χ3n) is 3.53. The summed E-state index contributed by atoms with van der Waals surface area (Å²) < 4.78 is 11.3. The van der Waals surface area contributed by atoms with E-state index in [1.165, 1.54) is 18.5 Å². The Morgan fingerprint density at radius 2 is 2.05 bits per heavy atom. The number of ether oxygens (including phenoxy) is 2. The van der Waals surface area contributed by atoms with Gasteiger partial charge in [-0.1, -0.05) is 25.4 Å². The molecule has 0 radical (unpaired) electrons. The second kappa shape index (κ2) is 5.66. The predicted octanol–water partition coefficient (Wildman–Crippen LogP) is 4.50. The van der Waals surface area contributed by atoms with E-state index in [-0.39, 0.29) is 0 Å². The molecule has 20 heavy (non-hydrogen) atoms. The summed E-state index contributed by atoms with van der Waals surface area (Å²) >= 11 is 6.27. The minimum atomic E-state index is 0.466. The maximum Gasteiger partial charge on any atom is 0.140 e. The second-order valence-electron chi connectivity index (χ2n) is 5.67. The van der Waals surface area contributed by atoms with Gasteiger partial charge in [0, 0.05) is 22.7 Å². The zero-order valence-corrected chi connectivity index (χ0v) is 12.7. The second-order valence-corrected chi connectivity index (χ2v) is 6.08. The van der Waals surface area contributed by atoms with Crippen molar-refractivity contribution < 1.29 is 9.47 Å². The fourth-order valence-electron chi connectivity index (χ4n) is 2.18. The Kier molecular flexibility index (Phi) is 3.90. The number of benzene rings is 1. The first-order valence-corrected chi connectivity index (χ1v) is 7.58. The molecule has 0 atom stereocenters. The molecule has 0 saturated heterocycles. The molecule has 1 aliphatic rings. The molecule has 0 unspecified atom stereocenters. The number of halogens is 1. The Labute approximate surface area is 124 Å². The van der Waals surface area contributed by atoms with E-state index in [1.54, 1.807) is 0 Å². The molecule has 1 N–H and O–H groups in total. The van der Waals surface area contributed by atoms with Crippen molar-refractivity contribution >= 4 is 22.5 Å². The van der Waals surface area contributed by atoms with Gasteiger partial charge in [0.15, 0.2) is 0 Å². The van der Waals surface area contributed by atoms with Crippen molar-refractivity contribution in [3.05, 3.63) is 28.9 Å². The average molecular weight is 294 g/mol. The summed E-state index contributed by atoms with van der Waals surface area (Å²) in [5.74, 6) is 1.19. The van der Waals surface area contributed by atoms with Crippen LogP contribution in [0.4, 0.5) is 0 Å². The summed E-state index contributed by atoms with van der Waals surface area (Å²) in [4.78, 5) is 3.41. The van der Waals surface area contributed by atoms with Gasteiger partial charge < -0.3 is 14.5 Å². The lowest BCUT2D eigenvalue weighted by atomic mass is 10.1. The molecule has 1 aliphatic carbocycles. The van der Waals surface area contributed by atoms with Crippen LogP contribution in [0.5, 0.6) is 5.75 Å². The molecule has 1 aromatic carbocycles. The number of rotatable bonds is 6. The lowest BCUT2D eigenvalue weighted by Gasteiger charge is -2.08. The summed E-state index contributed by atoms with van der Waals surface area (Å²) in [5, 5.41) is 1.78. The first kappa shape index (κ1) is 13.8. The van der Waals surface area contributed by atoms with Crippen LogP contribution < -0.4 is 4.74 Å². The Morgan fingerprint density at radius 1 is 1.25 bits per heavy atom. The monoisotopic (exact) mass is 293 g/mol. The van der Waals surface area contributed by atoms with Crippen LogP contribution in [0, 0.1) is 0 Å². The lowest BCUT2D eigenvalue weighted by molar-refractivity contribution is 0.0881. The van der Waals surface area contributed by atoms with Crippen LogP contribution in [0.15, 0.2) is 18.2 Å².